The third-order valence-electron chi connectivity index (χ3n) is 5.38. The highest BCUT2D eigenvalue weighted by Gasteiger charge is 2.26. The molecule has 0 bridgehead atoms. The number of nitrogens with one attached hydrogen (secondary N) is 1. The van der Waals surface area contributed by atoms with Gasteiger partial charge in [-0.3, -0.25) is 14.7 Å². The fourth-order valence-electron chi connectivity index (χ4n) is 3.74. The van der Waals surface area contributed by atoms with Crippen molar-refractivity contribution < 1.29 is 14.3 Å². The molecule has 154 valence electrons. The molecule has 0 spiro atoms. The van der Waals surface area contributed by atoms with Crippen molar-refractivity contribution >= 4 is 23.3 Å². The van der Waals surface area contributed by atoms with Crippen molar-refractivity contribution in [1.82, 2.24) is 15.1 Å². The van der Waals surface area contributed by atoms with Crippen molar-refractivity contribution in [3.63, 3.8) is 0 Å². The van der Waals surface area contributed by atoms with Crippen LogP contribution in [0.2, 0.25) is 5.02 Å². The van der Waals surface area contributed by atoms with E-state index in [0.717, 1.165) is 22.5 Å². The molecule has 0 fully saturated rings. The highest BCUT2D eigenvalue weighted by Crippen LogP contribution is 2.29. The van der Waals surface area contributed by atoms with Crippen molar-refractivity contribution in [2.24, 2.45) is 0 Å². The van der Waals surface area contributed by atoms with Gasteiger partial charge in [-0.2, -0.15) is 5.10 Å². The molecular weight excluding hydrogens is 402 g/mol. The van der Waals surface area contributed by atoms with E-state index in [1.807, 2.05) is 30.3 Å². The number of aromatic nitrogens is 2. The molecule has 0 saturated heterocycles. The molecule has 0 unspecified atom stereocenters. The number of Topliss-reactive ketones (excluding diaryl/α,β-unsaturated/α-hetero) is 1. The molecule has 0 aliphatic carbocycles. The molecule has 7 heteroatoms. The number of aromatic amines is 1. The number of carbonyl (C=O) groups excluding carboxylic acids is 2. The van der Waals surface area contributed by atoms with Crippen molar-refractivity contribution in [2.75, 3.05) is 13.7 Å². The minimum absolute atomic E-state index is 0.0350. The van der Waals surface area contributed by atoms with E-state index in [-0.39, 0.29) is 24.5 Å². The number of methoxy groups -OCH3 is 1. The number of benzene rings is 2. The summed E-state index contributed by atoms with van der Waals surface area (Å²) >= 11 is 5.99. The fourth-order valence-corrected chi connectivity index (χ4v) is 3.87. The number of fused-ring (bicyclic) bond motifs is 1. The number of nitrogens with zero attached hydrogens (tertiary/aromatic N) is 2. The molecule has 2 aromatic carbocycles. The number of rotatable bonds is 6. The maximum Gasteiger partial charge on any atom is 0.223 e. The van der Waals surface area contributed by atoms with Crippen LogP contribution < -0.4 is 4.74 Å². The van der Waals surface area contributed by atoms with Gasteiger partial charge in [0.15, 0.2) is 5.78 Å². The topological polar surface area (TPSA) is 75.3 Å². The number of amides is 1. The van der Waals surface area contributed by atoms with Crippen LogP contribution in [-0.4, -0.2) is 40.4 Å². The normalized spacial score (nSPS) is 13.1. The van der Waals surface area contributed by atoms with Gasteiger partial charge in [-0.25, -0.2) is 0 Å². The van der Waals surface area contributed by atoms with Gasteiger partial charge in [0.05, 0.1) is 18.4 Å². The second-order valence-corrected chi connectivity index (χ2v) is 7.66. The Bertz CT molecular complexity index is 1080. The predicted octanol–water partition coefficient (Wildman–Crippen LogP) is 4.29. The lowest BCUT2D eigenvalue weighted by atomic mass is 10.00. The largest absolute Gasteiger partial charge is 0.496 e. The predicted molar refractivity (Wildman–Crippen MR) is 115 cm³/mol. The lowest BCUT2D eigenvalue weighted by Gasteiger charge is -2.27. The first kappa shape index (κ1) is 20.2. The second kappa shape index (κ2) is 8.71. The number of carbonyl (C=O) groups is 2. The number of hydrogen-bond donors (Lipinski definition) is 1. The smallest absolute Gasteiger partial charge is 0.223 e. The molecule has 1 N–H and O–H groups in total. The average Bonchev–Trinajstić information content (AvgIpc) is 3.21. The van der Waals surface area contributed by atoms with Crippen molar-refractivity contribution in [2.45, 2.75) is 25.8 Å². The Kier molecular flexibility index (Phi) is 5.86. The zero-order valence-corrected chi connectivity index (χ0v) is 17.4. The molecule has 4 rings (SSSR count). The highest BCUT2D eigenvalue weighted by atomic mass is 35.5. The van der Waals surface area contributed by atoms with E-state index in [1.165, 1.54) is 7.11 Å². The molecule has 0 atom stereocenters. The molecule has 2 heterocycles. The SMILES string of the molecule is COc1ccccc1C(=O)CCC(=O)N1CCc2[nH]nc(-c3ccc(Cl)cc3)c2C1. The van der Waals surface area contributed by atoms with Crippen molar-refractivity contribution in [3.8, 4) is 17.0 Å². The first-order valence-electron chi connectivity index (χ1n) is 9.83. The third-order valence-corrected chi connectivity index (χ3v) is 5.63. The number of halogens is 1. The maximum atomic E-state index is 12.8. The third kappa shape index (κ3) is 4.09. The minimum atomic E-state index is -0.0938. The van der Waals surface area contributed by atoms with Gasteiger partial charge in [0.25, 0.3) is 0 Å². The van der Waals surface area contributed by atoms with Crippen LogP contribution in [0.4, 0.5) is 0 Å². The fraction of sp³-hybridized carbons (Fsp3) is 0.261. The number of H-pyrrole nitrogens is 1. The summed E-state index contributed by atoms with van der Waals surface area (Å²) in [5.74, 6) is 0.402. The first-order valence-corrected chi connectivity index (χ1v) is 10.2. The van der Waals surface area contributed by atoms with Gasteiger partial charge in [0.1, 0.15) is 5.75 Å². The summed E-state index contributed by atoms with van der Waals surface area (Å²) in [5, 5.41) is 8.21. The van der Waals surface area contributed by atoms with E-state index in [9.17, 15) is 9.59 Å². The Hall–Kier alpha value is -3.12. The number of ketones is 1. The Labute approximate surface area is 179 Å². The Morgan fingerprint density at radius 1 is 1.13 bits per heavy atom. The second-order valence-electron chi connectivity index (χ2n) is 7.22. The molecule has 1 aliphatic heterocycles. The van der Waals surface area contributed by atoms with E-state index >= 15 is 0 Å². The van der Waals surface area contributed by atoms with Gasteiger partial charge < -0.3 is 9.64 Å². The van der Waals surface area contributed by atoms with E-state index in [2.05, 4.69) is 10.2 Å². The van der Waals surface area contributed by atoms with Crippen molar-refractivity contribution in [1.29, 1.82) is 0 Å². The van der Waals surface area contributed by atoms with Crippen LogP contribution in [0.25, 0.3) is 11.3 Å². The van der Waals surface area contributed by atoms with E-state index in [0.29, 0.717) is 35.8 Å². The quantitative estimate of drug-likeness (QED) is 0.600. The molecular formula is C23H22ClN3O3. The van der Waals surface area contributed by atoms with Crippen LogP contribution >= 0.6 is 11.6 Å². The van der Waals surface area contributed by atoms with Gasteiger partial charge >= 0.3 is 0 Å². The van der Waals surface area contributed by atoms with E-state index in [4.69, 9.17) is 16.3 Å². The summed E-state index contributed by atoms with van der Waals surface area (Å²) in [6, 6.07) is 14.6. The Balaban J connectivity index is 1.43. The maximum absolute atomic E-state index is 12.8. The number of ether oxygens (including phenoxy) is 1. The van der Waals surface area contributed by atoms with Crippen LogP contribution in [0.5, 0.6) is 5.75 Å². The summed E-state index contributed by atoms with van der Waals surface area (Å²) in [7, 11) is 1.53. The molecule has 3 aromatic rings. The minimum Gasteiger partial charge on any atom is -0.496 e. The van der Waals surface area contributed by atoms with E-state index in [1.54, 1.807) is 23.1 Å². The molecule has 1 amide bonds. The van der Waals surface area contributed by atoms with Gasteiger partial charge in [0, 0.05) is 54.2 Å². The van der Waals surface area contributed by atoms with Crippen LogP contribution in [0.15, 0.2) is 48.5 Å². The summed E-state index contributed by atoms with van der Waals surface area (Å²) in [5.41, 5.74) is 4.37. The van der Waals surface area contributed by atoms with Gasteiger partial charge in [-0.05, 0) is 24.3 Å². The summed E-state index contributed by atoms with van der Waals surface area (Å²) in [4.78, 5) is 27.2. The number of para-hydroxylation sites is 1. The number of hydrogen-bond acceptors (Lipinski definition) is 4. The molecule has 6 nitrogen and oxygen atoms in total. The molecule has 0 saturated carbocycles. The van der Waals surface area contributed by atoms with Crippen LogP contribution in [0.3, 0.4) is 0 Å². The molecule has 1 aliphatic rings. The van der Waals surface area contributed by atoms with Gasteiger partial charge in [-0.15, -0.1) is 0 Å². The monoisotopic (exact) mass is 423 g/mol. The standard InChI is InChI=1S/C23H22ClN3O3/c1-30-21-5-3-2-4-17(21)20(28)10-11-22(29)27-13-12-19-18(14-27)23(26-25-19)15-6-8-16(24)9-7-15/h2-9H,10-14H2,1H3,(H,25,26). The Morgan fingerprint density at radius 2 is 1.90 bits per heavy atom. The van der Waals surface area contributed by atoms with Crippen LogP contribution in [-0.2, 0) is 17.8 Å². The first-order chi connectivity index (χ1) is 14.6. The van der Waals surface area contributed by atoms with E-state index < -0.39 is 0 Å². The summed E-state index contributed by atoms with van der Waals surface area (Å²) in [6.45, 7) is 1.09. The van der Waals surface area contributed by atoms with Gasteiger partial charge in [-0.1, -0.05) is 35.9 Å². The molecule has 30 heavy (non-hydrogen) atoms. The zero-order valence-electron chi connectivity index (χ0n) is 16.7. The lowest BCUT2D eigenvalue weighted by molar-refractivity contribution is -0.132. The molecule has 1 aromatic heterocycles. The van der Waals surface area contributed by atoms with Crippen molar-refractivity contribution in [3.05, 3.63) is 70.4 Å². The Morgan fingerprint density at radius 3 is 2.67 bits per heavy atom. The van der Waals surface area contributed by atoms with Crippen LogP contribution in [0, 0.1) is 0 Å². The highest BCUT2D eigenvalue weighted by molar-refractivity contribution is 6.30. The van der Waals surface area contributed by atoms with Crippen LogP contribution in [0.1, 0.15) is 34.5 Å². The lowest BCUT2D eigenvalue weighted by Crippen LogP contribution is -2.36. The summed E-state index contributed by atoms with van der Waals surface area (Å²) < 4.78 is 5.25. The summed E-state index contributed by atoms with van der Waals surface area (Å²) in [6.07, 6.45) is 1.03. The molecule has 0 radical (unpaired) electrons. The van der Waals surface area contributed by atoms with Gasteiger partial charge in [0.2, 0.25) is 5.91 Å². The average molecular weight is 424 g/mol. The zero-order chi connectivity index (χ0) is 21.1.